The Morgan fingerprint density at radius 2 is 2.17 bits per heavy atom. The van der Waals surface area contributed by atoms with Crippen molar-refractivity contribution in [1.29, 1.82) is 0 Å². The van der Waals surface area contributed by atoms with E-state index in [9.17, 15) is 0 Å². The van der Waals surface area contributed by atoms with E-state index < -0.39 is 0 Å². The smallest absolute Gasteiger partial charge is 0.139 e. The van der Waals surface area contributed by atoms with Gasteiger partial charge in [-0.05, 0) is 0 Å². The van der Waals surface area contributed by atoms with Crippen LogP contribution in [0.2, 0.25) is 0 Å². The van der Waals surface area contributed by atoms with Gasteiger partial charge in [-0.15, -0.1) is 0 Å². The molecule has 1 aliphatic heterocycles. The molecule has 2 unspecified atom stereocenters. The number of epoxide rings is 1. The maximum atomic E-state index is 4.94. The lowest BCUT2D eigenvalue weighted by molar-refractivity contribution is 0.419. The first kappa shape index (κ1) is 5.06. The van der Waals surface area contributed by atoms with Crippen LogP contribution in [0, 0.1) is 0 Å². The first-order chi connectivity index (χ1) is 2.84. The number of alkyl halides is 2. The predicted octanol–water partition coefficient (Wildman–Crippen LogP) is 1.50. The normalized spacial score (nSPS) is 43.0. The van der Waals surface area contributed by atoms with Gasteiger partial charge in [0.15, 0.2) is 0 Å². The Morgan fingerprint density at radius 1 is 1.67 bits per heavy atom. The lowest BCUT2D eigenvalue weighted by Crippen LogP contribution is -1.84. The van der Waals surface area contributed by atoms with Gasteiger partial charge in [-0.25, -0.2) is 0 Å². The van der Waals surface area contributed by atoms with Crippen molar-refractivity contribution in [2.75, 3.05) is 5.33 Å². The van der Waals surface area contributed by atoms with Crippen LogP contribution in [0.25, 0.3) is 0 Å². The van der Waals surface area contributed by atoms with Gasteiger partial charge in [-0.2, -0.15) is 0 Å². The summed E-state index contributed by atoms with van der Waals surface area (Å²) in [5, 5.41) is 1.28. The molecule has 0 saturated carbocycles. The molecule has 0 bridgehead atoms. The molecular weight excluding hydrogens is 212 g/mol. The SMILES string of the molecule is BrCC1OC1Br. The van der Waals surface area contributed by atoms with E-state index in [1.807, 2.05) is 0 Å². The third-order valence-corrected chi connectivity index (χ3v) is 2.12. The van der Waals surface area contributed by atoms with Crippen molar-refractivity contribution in [2.45, 2.75) is 11.1 Å². The van der Waals surface area contributed by atoms with Gasteiger partial charge < -0.3 is 4.74 Å². The standard InChI is InChI=1S/C3H4Br2O/c4-1-2-3(5)6-2/h2-3H,1H2. The van der Waals surface area contributed by atoms with E-state index in [1.54, 1.807) is 0 Å². The van der Waals surface area contributed by atoms with Gasteiger partial charge in [-0.1, -0.05) is 31.9 Å². The van der Waals surface area contributed by atoms with Gasteiger partial charge >= 0.3 is 0 Å². The molecule has 0 aliphatic carbocycles. The van der Waals surface area contributed by atoms with Crippen LogP contribution in [0.3, 0.4) is 0 Å². The summed E-state index contributed by atoms with van der Waals surface area (Å²) in [5.41, 5.74) is 0. The van der Waals surface area contributed by atoms with Crippen molar-refractivity contribution in [3.05, 3.63) is 0 Å². The Bertz CT molecular complexity index is 54.8. The van der Waals surface area contributed by atoms with Crippen LogP contribution in [0.15, 0.2) is 0 Å². The molecule has 0 aromatic carbocycles. The number of halogens is 2. The molecule has 0 spiro atoms. The van der Waals surface area contributed by atoms with Gasteiger partial charge in [0.1, 0.15) is 11.1 Å². The van der Waals surface area contributed by atoms with Crippen LogP contribution in [0.1, 0.15) is 0 Å². The zero-order valence-corrected chi connectivity index (χ0v) is 6.20. The van der Waals surface area contributed by atoms with Crippen LogP contribution in [0.5, 0.6) is 0 Å². The topological polar surface area (TPSA) is 12.5 Å². The second kappa shape index (κ2) is 1.80. The average molecular weight is 216 g/mol. The zero-order valence-electron chi connectivity index (χ0n) is 3.03. The largest absolute Gasteiger partial charge is 0.356 e. The Balaban J connectivity index is 2.09. The van der Waals surface area contributed by atoms with Crippen LogP contribution in [0.4, 0.5) is 0 Å². The minimum atomic E-state index is 0.330. The summed E-state index contributed by atoms with van der Waals surface area (Å²) in [6, 6.07) is 0. The summed E-state index contributed by atoms with van der Waals surface area (Å²) in [6.45, 7) is 0. The lowest BCUT2D eigenvalue weighted by Gasteiger charge is -1.69. The third kappa shape index (κ3) is 0.950. The minimum Gasteiger partial charge on any atom is -0.356 e. The van der Waals surface area contributed by atoms with Crippen molar-refractivity contribution in [3.8, 4) is 0 Å². The molecule has 0 N–H and O–H groups in total. The van der Waals surface area contributed by atoms with Crippen LogP contribution >= 0.6 is 31.9 Å². The molecule has 0 aromatic heterocycles. The monoisotopic (exact) mass is 214 g/mol. The summed E-state index contributed by atoms with van der Waals surface area (Å²) < 4.78 is 4.94. The highest BCUT2D eigenvalue weighted by atomic mass is 79.9. The van der Waals surface area contributed by atoms with Crippen molar-refractivity contribution < 1.29 is 4.74 Å². The number of ether oxygens (including phenoxy) is 1. The fourth-order valence-electron chi connectivity index (χ4n) is 0.228. The molecule has 1 rings (SSSR count). The minimum absolute atomic E-state index is 0.330. The van der Waals surface area contributed by atoms with E-state index in [0.29, 0.717) is 11.1 Å². The zero-order chi connectivity index (χ0) is 4.57. The molecule has 1 nitrogen and oxygen atoms in total. The van der Waals surface area contributed by atoms with Gasteiger partial charge in [-0.3, -0.25) is 0 Å². The van der Waals surface area contributed by atoms with Crippen LogP contribution in [-0.4, -0.2) is 16.4 Å². The van der Waals surface area contributed by atoms with E-state index in [-0.39, 0.29) is 0 Å². The van der Waals surface area contributed by atoms with Crippen molar-refractivity contribution in [3.63, 3.8) is 0 Å². The second-order valence-corrected chi connectivity index (χ2v) is 2.73. The highest BCUT2D eigenvalue weighted by molar-refractivity contribution is 9.10. The molecule has 1 saturated heterocycles. The highest BCUT2D eigenvalue weighted by Crippen LogP contribution is 2.28. The molecule has 0 amide bonds. The molecule has 0 radical (unpaired) electrons. The molecule has 1 aliphatic rings. The van der Waals surface area contributed by atoms with E-state index in [2.05, 4.69) is 31.9 Å². The van der Waals surface area contributed by atoms with Crippen molar-refractivity contribution in [1.82, 2.24) is 0 Å². The Morgan fingerprint density at radius 3 is 2.17 bits per heavy atom. The summed E-state index contributed by atoms with van der Waals surface area (Å²) in [4.78, 5) is 0. The molecule has 6 heavy (non-hydrogen) atoms. The summed E-state index contributed by atoms with van der Waals surface area (Å²) in [7, 11) is 0. The first-order valence-corrected chi connectivity index (χ1v) is 3.74. The number of rotatable bonds is 1. The average Bonchev–Trinajstić information content (AvgIpc) is 2.19. The Hall–Kier alpha value is 0.920. The van der Waals surface area contributed by atoms with E-state index in [0.717, 1.165) is 5.33 Å². The van der Waals surface area contributed by atoms with Gasteiger partial charge in [0, 0.05) is 5.33 Å². The summed E-state index contributed by atoms with van der Waals surface area (Å²) >= 11 is 6.52. The van der Waals surface area contributed by atoms with E-state index in [1.165, 1.54) is 0 Å². The molecule has 0 aromatic rings. The summed E-state index contributed by atoms with van der Waals surface area (Å²) in [5.74, 6) is 0. The lowest BCUT2D eigenvalue weighted by atomic mass is 10.6. The predicted molar refractivity (Wildman–Crippen MR) is 31.4 cm³/mol. The van der Waals surface area contributed by atoms with Gasteiger partial charge in [0.2, 0.25) is 0 Å². The number of hydrogen-bond acceptors (Lipinski definition) is 1. The van der Waals surface area contributed by atoms with Crippen molar-refractivity contribution in [2.24, 2.45) is 0 Å². The third-order valence-electron chi connectivity index (χ3n) is 0.673. The van der Waals surface area contributed by atoms with Crippen LogP contribution < -0.4 is 0 Å². The fourth-order valence-corrected chi connectivity index (χ4v) is 1.69. The maximum Gasteiger partial charge on any atom is 0.139 e. The van der Waals surface area contributed by atoms with Crippen LogP contribution in [-0.2, 0) is 4.74 Å². The molecule has 1 fully saturated rings. The quantitative estimate of drug-likeness (QED) is 0.477. The Labute approximate surface area is 53.3 Å². The summed E-state index contributed by atoms with van der Waals surface area (Å²) in [6.07, 6.45) is 0.435. The van der Waals surface area contributed by atoms with E-state index >= 15 is 0 Å². The molecular formula is C3H4Br2O. The first-order valence-electron chi connectivity index (χ1n) is 1.70. The Kier molecular flexibility index (Phi) is 1.52. The molecule has 3 heteroatoms. The molecule has 36 valence electrons. The second-order valence-electron chi connectivity index (χ2n) is 1.18. The molecule has 1 heterocycles. The number of hydrogen-bond donors (Lipinski definition) is 0. The van der Waals surface area contributed by atoms with Gasteiger partial charge in [0.05, 0.1) is 0 Å². The maximum absolute atomic E-state index is 4.94. The van der Waals surface area contributed by atoms with E-state index in [4.69, 9.17) is 4.74 Å². The van der Waals surface area contributed by atoms with Crippen molar-refractivity contribution >= 4 is 31.9 Å². The highest BCUT2D eigenvalue weighted by Gasteiger charge is 2.34. The fraction of sp³-hybridized carbons (Fsp3) is 1.00. The van der Waals surface area contributed by atoms with Gasteiger partial charge in [0.25, 0.3) is 0 Å². The molecule has 2 atom stereocenters.